The largest absolute Gasteiger partial charge is 0.497 e. The van der Waals surface area contributed by atoms with Gasteiger partial charge >= 0.3 is 0 Å². The lowest BCUT2D eigenvalue weighted by atomic mass is 9.95. The maximum absolute atomic E-state index is 5.65. The third kappa shape index (κ3) is 4.57. The van der Waals surface area contributed by atoms with Crippen LogP contribution < -0.4 is 15.4 Å². The molecule has 4 nitrogen and oxygen atoms in total. The summed E-state index contributed by atoms with van der Waals surface area (Å²) >= 11 is 5.65. The van der Waals surface area contributed by atoms with Crippen molar-refractivity contribution in [1.29, 1.82) is 0 Å². The SMILES string of the molecule is COc1ccc([C@@H](CNC(=S)N[C@H]2C[C@H]3CC[C@H]2C3)N2CCCCC2)cc1. The third-order valence-corrected chi connectivity index (χ3v) is 7.10. The minimum atomic E-state index is 0.357. The first-order chi connectivity index (χ1) is 13.2. The number of piperidine rings is 1. The predicted octanol–water partition coefficient (Wildman–Crippen LogP) is 3.87. The Bertz CT molecular complexity index is 629. The first kappa shape index (κ1) is 19.0. The molecule has 0 radical (unpaired) electrons. The summed E-state index contributed by atoms with van der Waals surface area (Å²) in [6.07, 6.45) is 9.46. The van der Waals surface area contributed by atoms with Crippen molar-refractivity contribution in [1.82, 2.24) is 15.5 Å². The Balaban J connectivity index is 1.36. The zero-order valence-corrected chi connectivity index (χ0v) is 17.3. The average Bonchev–Trinajstić information content (AvgIpc) is 3.32. The quantitative estimate of drug-likeness (QED) is 0.725. The number of nitrogens with one attached hydrogen (secondary N) is 2. The zero-order chi connectivity index (χ0) is 18.6. The first-order valence-electron chi connectivity index (χ1n) is 10.7. The van der Waals surface area contributed by atoms with Crippen molar-refractivity contribution in [2.75, 3.05) is 26.7 Å². The van der Waals surface area contributed by atoms with Gasteiger partial charge in [-0.1, -0.05) is 25.0 Å². The molecule has 148 valence electrons. The van der Waals surface area contributed by atoms with Gasteiger partial charge in [0.15, 0.2) is 5.11 Å². The molecule has 3 fully saturated rings. The number of benzene rings is 1. The molecule has 0 amide bonds. The van der Waals surface area contributed by atoms with Gasteiger partial charge in [-0.15, -0.1) is 0 Å². The molecular formula is C22H33N3OS. The Hall–Kier alpha value is -1.33. The molecule has 4 rings (SSSR count). The van der Waals surface area contributed by atoms with Crippen molar-refractivity contribution in [2.24, 2.45) is 11.8 Å². The normalized spacial score (nSPS) is 28.7. The Morgan fingerprint density at radius 3 is 2.56 bits per heavy atom. The van der Waals surface area contributed by atoms with E-state index in [0.29, 0.717) is 12.1 Å². The van der Waals surface area contributed by atoms with E-state index in [-0.39, 0.29) is 0 Å². The van der Waals surface area contributed by atoms with E-state index in [0.717, 1.165) is 29.2 Å². The summed E-state index contributed by atoms with van der Waals surface area (Å²) in [4.78, 5) is 2.61. The van der Waals surface area contributed by atoms with Crippen molar-refractivity contribution >= 4 is 17.3 Å². The molecule has 5 heteroatoms. The van der Waals surface area contributed by atoms with Crippen molar-refractivity contribution in [2.45, 2.75) is 57.0 Å². The number of thiocarbonyl (C=S) groups is 1. The molecular weight excluding hydrogens is 354 g/mol. The highest BCUT2D eigenvalue weighted by atomic mass is 32.1. The van der Waals surface area contributed by atoms with Crippen LogP contribution in [0, 0.1) is 11.8 Å². The summed E-state index contributed by atoms with van der Waals surface area (Å²) in [6.45, 7) is 3.20. The molecule has 3 aliphatic rings. The van der Waals surface area contributed by atoms with Crippen LogP contribution in [-0.2, 0) is 0 Å². The van der Waals surface area contributed by atoms with Crippen LogP contribution in [0.5, 0.6) is 5.75 Å². The maximum Gasteiger partial charge on any atom is 0.166 e. The molecule has 1 aliphatic heterocycles. The van der Waals surface area contributed by atoms with Crippen molar-refractivity contribution in [3.05, 3.63) is 29.8 Å². The number of methoxy groups -OCH3 is 1. The lowest BCUT2D eigenvalue weighted by Crippen LogP contribution is -2.47. The molecule has 0 spiro atoms. The summed E-state index contributed by atoms with van der Waals surface area (Å²) in [5.74, 6) is 2.70. The van der Waals surface area contributed by atoms with Gasteiger partial charge in [0.2, 0.25) is 0 Å². The molecule has 27 heavy (non-hydrogen) atoms. The number of ether oxygens (including phenoxy) is 1. The van der Waals surface area contributed by atoms with E-state index < -0.39 is 0 Å². The lowest BCUT2D eigenvalue weighted by Gasteiger charge is -2.35. The second-order valence-corrected chi connectivity index (χ2v) is 8.93. The van der Waals surface area contributed by atoms with Crippen molar-refractivity contribution < 1.29 is 4.74 Å². The lowest BCUT2D eigenvalue weighted by molar-refractivity contribution is 0.164. The Morgan fingerprint density at radius 1 is 1.15 bits per heavy atom. The van der Waals surface area contributed by atoms with Gasteiger partial charge in [-0.3, -0.25) is 4.90 Å². The number of fused-ring (bicyclic) bond motifs is 2. The van der Waals surface area contributed by atoms with Crippen LogP contribution in [0.1, 0.15) is 56.6 Å². The fourth-order valence-electron chi connectivity index (χ4n) is 5.34. The minimum Gasteiger partial charge on any atom is -0.497 e. The summed E-state index contributed by atoms with van der Waals surface area (Å²) in [7, 11) is 1.72. The van der Waals surface area contributed by atoms with E-state index in [1.807, 2.05) is 0 Å². The Kier molecular flexibility index (Phi) is 6.18. The number of hydrogen-bond acceptors (Lipinski definition) is 3. The predicted molar refractivity (Wildman–Crippen MR) is 114 cm³/mol. The molecule has 1 saturated heterocycles. The van der Waals surface area contributed by atoms with Gasteiger partial charge in [0, 0.05) is 12.6 Å². The molecule has 2 saturated carbocycles. The van der Waals surface area contributed by atoms with Gasteiger partial charge in [-0.25, -0.2) is 0 Å². The first-order valence-corrected chi connectivity index (χ1v) is 11.1. The van der Waals surface area contributed by atoms with Crippen LogP contribution in [0.2, 0.25) is 0 Å². The fourth-order valence-corrected chi connectivity index (χ4v) is 5.58. The molecule has 1 aromatic carbocycles. The number of hydrogen-bond donors (Lipinski definition) is 2. The van der Waals surface area contributed by atoms with E-state index in [2.05, 4.69) is 39.8 Å². The second kappa shape index (κ2) is 8.78. The van der Waals surface area contributed by atoms with Crippen molar-refractivity contribution in [3.63, 3.8) is 0 Å². The highest BCUT2D eigenvalue weighted by Gasteiger charge is 2.39. The van der Waals surface area contributed by atoms with Crippen LogP contribution >= 0.6 is 12.2 Å². The molecule has 0 aromatic heterocycles. The van der Waals surface area contributed by atoms with Crippen LogP contribution in [-0.4, -0.2) is 42.8 Å². The van der Waals surface area contributed by atoms with E-state index in [1.165, 1.54) is 63.6 Å². The molecule has 2 aliphatic carbocycles. The minimum absolute atomic E-state index is 0.357. The van der Waals surface area contributed by atoms with Gasteiger partial charge in [0.25, 0.3) is 0 Å². The number of likely N-dealkylation sites (tertiary alicyclic amines) is 1. The standard InChI is InChI=1S/C22H33N3OS/c1-26-19-9-7-17(8-10-19)21(25-11-3-2-4-12-25)15-23-22(27)24-20-14-16-5-6-18(20)13-16/h7-10,16,18,20-21H,2-6,11-15H2,1H3,(H2,23,24,27)/t16-,18-,20-,21+/m0/s1. The van der Waals surface area contributed by atoms with E-state index in [1.54, 1.807) is 7.11 Å². The molecule has 2 N–H and O–H groups in total. The van der Waals surface area contributed by atoms with E-state index in [4.69, 9.17) is 17.0 Å². The van der Waals surface area contributed by atoms with Crippen molar-refractivity contribution in [3.8, 4) is 5.75 Å². The monoisotopic (exact) mass is 387 g/mol. The van der Waals surface area contributed by atoms with E-state index >= 15 is 0 Å². The number of rotatable bonds is 6. The smallest absolute Gasteiger partial charge is 0.166 e. The van der Waals surface area contributed by atoms with Gasteiger partial charge in [-0.2, -0.15) is 0 Å². The molecule has 2 bridgehead atoms. The van der Waals surface area contributed by atoms with Gasteiger partial charge in [0.05, 0.1) is 13.2 Å². The summed E-state index contributed by atoms with van der Waals surface area (Å²) in [5, 5.41) is 8.00. The Labute approximate surface area is 169 Å². The van der Waals surface area contributed by atoms with Crippen LogP contribution in [0.4, 0.5) is 0 Å². The zero-order valence-electron chi connectivity index (χ0n) is 16.5. The average molecular weight is 388 g/mol. The van der Waals surface area contributed by atoms with Crippen LogP contribution in [0.25, 0.3) is 0 Å². The summed E-state index contributed by atoms with van der Waals surface area (Å²) < 4.78 is 5.33. The molecule has 0 unspecified atom stereocenters. The topological polar surface area (TPSA) is 36.5 Å². The Morgan fingerprint density at radius 2 is 1.93 bits per heavy atom. The van der Waals surface area contributed by atoms with Gasteiger partial charge in [0.1, 0.15) is 5.75 Å². The maximum atomic E-state index is 5.65. The summed E-state index contributed by atoms with van der Waals surface area (Å²) in [5.41, 5.74) is 1.34. The highest BCUT2D eigenvalue weighted by Crippen LogP contribution is 2.44. The van der Waals surface area contributed by atoms with Crippen LogP contribution in [0.3, 0.4) is 0 Å². The molecule has 4 atom stereocenters. The van der Waals surface area contributed by atoms with Gasteiger partial charge in [-0.05, 0) is 86.9 Å². The summed E-state index contributed by atoms with van der Waals surface area (Å²) in [6, 6.07) is 9.49. The fraction of sp³-hybridized carbons (Fsp3) is 0.682. The van der Waals surface area contributed by atoms with E-state index in [9.17, 15) is 0 Å². The highest BCUT2D eigenvalue weighted by molar-refractivity contribution is 7.80. The molecule has 1 heterocycles. The molecule has 1 aromatic rings. The second-order valence-electron chi connectivity index (χ2n) is 8.52. The van der Waals surface area contributed by atoms with Gasteiger partial charge < -0.3 is 15.4 Å². The van der Waals surface area contributed by atoms with Crippen LogP contribution in [0.15, 0.2) is 24.3 Å². The third-order valence-electron chi connectivity index (χ3n) is 6.84. The number of nitrogens with zero attached hydrogens (tertiary/aromatic N) is 1.